The summed E-state index contributed by atoms with van der Waals surface area (Å²) in [5.74, 6) is 0.437. The number of ether oxygens (including phenoxy) is 1. The lowest BCUT2D eigenvalue weighted by atomic mass is 10.2. The molecule has 0 aliphatic carbocycles. The van der Waals surface area contributed by atoms with Crippen molar-refractivity contribution >= 4 is 12.0 Å². The van der Waals surface area contributed by atoms with Gasteiger partial charge in [0.05, 0.1) is 25.0 Å². The number of nitrogens with zero attached hydrogens (tertiary/aromatic N) is 2. The fourth-order valence-corrected chi connectivity index (χ4v) is 1.98. The van der Waals surface area contributed by atoms with Crippen LogP contribution < -0.4 is 10.6 Å². The molecule has 0 aromatic carbocycles. The van der Waals surface area contributed by atoms with Crippen molar-refractivity contribution in [2.45, 2.75) is 26.9 Å². The van der Waals surface area contributed by atoms with Gasteiger partial charge in [0.15, 0.2) is 0 Å². The Hall–Kier alpha value is -2.90. The predicted molar refractivity (Wildman–Crippen MR) is 80.6 cm³/mol. The summed E-state index contributed by atoms with van der Waals surface area (Å²) < 4.78 is 9.53. The van der Waals surface area contributed by atoms with Crippen molar-refractivity contribution in [3.63, 3.8) is 0 Å². The maximum absolute atomic E-state index is 12.2. The second-order valence-electron chi connectivity index (χ2n) is 4.87. The van der Waals surface area contributed by atoms with Crippen LogP contribution in [-0.2, 0) is 17.8 Å². The monoisotopic (exact) mass is 318 g/mol. The van der Waals surface area contributed by atoms with Crippen LogP contribution in [0.5, 0.6) is 0 Å². The van der Waals surface area contributed by atoms with E-state index in [4.69, 9.17) is 4.52 Å². The highest BCUT2D eigenvalue weighted by molar-refractivity contribution is 5.94. The molecule has 0 saturated carbocycles. The number of rotatable bonds is 5. The number of carbonyl (C=O) groups excluding carboxylic acids is 2. The number of pyridine rings is 1. The summed E-state index contributed by atoms with van der Waals surface area (Å²) in [5, 5.41) is 9.16. The number of carbonyl (C=O) groups is 2. The first-order chi connectivity index (χ1) is 11.0. The van der Waals surface area contributed by atoms with Crippen molar-refractivity contribution in [1.29, 1.82) is 0 Å². The van der Waals surface area contributed by atoms with Crippen LogP contribution in [0.25, 0.3) is 0 Å². The van der Waals surface area contributed by atoms with E-state index in [-0.39, 0.29) is 12.5 Å². The molecule has 0 atom stereocenters. The van der Waals surface area contributed by atoms with Gasteiger partial charge >= 0.3 is 6.09 Å². The van der Waals surface area contributed by atoms with Crippen LogP contribution in [0.3, 0.4) is 0 Å². The van der Waals surface area contributed by atoms with Gasteiger partial charge in [-0.3, -0.25) is 9.78 Å². The summed E-state index contributed by atoms with van der Waals surface area (Å²) in [6.45, 7) is 4.13. The Bertz CT molecular complexity index is 692. The van der Waals surface area contributed by atoms with E-state index < -0.39 is 6.09 Å². The van der Waals surface area contributed by atoms with Crippen LogP contribution in [-0.4, -0.2) is 29.3 Å². The maximum atomic E-state index is 12.2. The Morgan fingerprint density at radius 2 is 2.04 bits per heavy atom. The molecule has 2 heterocycles. The molecule has 2 aromatic rings. The van der Waals surface area contributed by atoms with Gasteiger partial charge in [-0.25, -0.2) is 4.79 Å². The summed E-state index contributed by atoms with van der Waals surface area (Å²) in [7, 11) is 1.28. The molecule has 8 nitrogen and oxygen atoms in total. The summed E-state index contributed by atoms with van der Waals surface area (Å²) in [6.07, 6.45) is 0.958. The highest BCUT2D eigenvalue weighted by atomic mass is 16.5. The quantitative estimate of drug-likeness (QED) is 0.864. The zero-order chi connectivity index (χ0) is 16.8. The highest BCUT2D eigenvalue weighted by Gasteiger charge is 2.12. The van der Waals surface area contributed by atoms with E-state index in [9.17, 15) is 9.59 Å². The van der Waals surface area contributed by atoms with Crippen LogP contribution in [0.4, 0.5) is 4.79 Å². The van der Waals surface area contributed by atoms with Crippen LogP contribution in [0.1, 0.15) is 33.1 Å². The van der Waals surface area contributed by atoms with Crippen LogP contribution in [0.15, 0.2) is 22.9 Å². The van der Waals surface area contributed by atoms with E-state index in [1.807, 2.05) is 6.92 Å². The number of hydrogen-bond acceptors (Lipinski definition) is 6. The summed E-state index contributed by atoms with van der Waals surface area (Å²) >= 11 is 0. The SMILES string of the molecule is COC(=O)NCc1cc(C(=O)NCc2c(C)noc2C)ccn1. The van der Waals surface area contributed by atoms with Crippen molar-refractivity contribution in [2.24, 2.45) is 0 Å². The topological polar surface area (TPSA) is 106 Å². The molecule has 8 heteroatoms. The number of amides is 2. The zero-order valence-electron chi connectivity index (χ0n) is 13.2. The van der Waals surface area contributed by atoms with Gasteiger partial charge in [-0.2, -0.15) is 0 Å². The number of nitrogens with one attached hydrogen (secondary N) is 2. The fourth-order valence-electron chi connectivity index (χ4n) is 1.98. The molecular formula is C15H18N4O4. The van der Waals surface area contributed by atoms with Crippen molar-refractivity contribution in [2.75, 3.05) is 7.11 Å². The van der Waals surface area contributed by atoms with Gasteiger partial charge < -0.3 is 19.9 Å². The number of methoxy groups -OCH3 is 1. The van der Waals surface area contributed by atoms with Gasteiger partial charge in [-0.15, -0.1) is 0 Å². The minimum Gasteiger partial charge on any atom is -0.453 e. The molecule has 0 aliphatic rings. The van der Waals surface area contributed by atoms with Crippen LogP contribution >= 0.6 is 0 Å². The standard InChI is InChI=1S/C15H18N4O4/c1-9-13(10(2)23-19-9)8-17-14(20)11-4-5-16-12(6-11)7-18-15(21)22-3/h4-6H,7-8H2,1-3H3,(H,17,20)(H,18,21). The fraction of sp³-hybridized carbons (Fsp3) is 0.333. The molecule has 2 rings (SSSR count). The van der Waals surface area contributed by atoms with Gasteiger partial charge in [0.25, 0.3) is 5.91 Å². The lowest BCUT2D eigenvalue weighted by Crippen LogP contribution is -2.25. The largest absolute Gasteiger partial charge is 0.453 e. The van der Waals surface area contributed by atoms with E-state index >= 15 is 0 Å². The second kappa shape index (κ2) is 7.39. The molecule has 0 fully saturated rings. The average Bonchev–Trinajstić information content (AvgIpc) is 2.89. The van der Waals surface area contributed by atoms with Gasteiger partial charge in [-0.1, -0.05) is 5.16 Å². The van der Waals surface area contributed by atoms with Crippen molar-refractivity contribution < 1.29 is 18.8 Å². The van der Waals surface area contributed by atoms with E-state index in [0.29, 0.717) is 23.6 Å². The van der Waals surface area contributed by atoms with E-state index in [1.54, 1.807) is 19.1 Å². The molecule has 2 aromatic heterocycles. The number of hydrogen-bond donors (Lipinski definition) is 2. The first-order valence-corrected chi connectivity index (χ1v) is 6.98. The lowest BCUT2D eigenvalue weighted by molar-refractivity contribution is 0.0950. The van der Waals surface area contributed by atoms with E-state index in [1.165, 1.54) is 13.3 Å². The lowest BCUT2D eigenvalue weighted by Gasteiger charge is -2.07. The molecule has 2 amide bonds. The molecule has 2 N–H and O–H groups in total. The second-order valence-corrected chi connectivity index (χ2v) is 4.87. The molecular weight excluding hydrogens is 300 g/mol. The highest BCUT2D eigenvalue weighted by Crippen LogP contribution is 2.12. The molecule has 0 saturated heterocycles. The predicted octanol–water partition coefficient (Wildman–Crippen LogP) is 1.47. The Morgan fingerprint density at radius 1 is 1.26 bits per heavy atom. The van der Waals surface area contributed by atoms with Gasteiger partial charge in [-0.05, 0) is 26.0 Å². The molecule has 0 radical (unpaired) electrons. The number of aryl methyl sites for hydroxylation is 2. The van der Waals surface area contributed by atoms with E-state index in [2.05, 4.69) is 25.5 Å². The smallest absolute Gasteiger partial charge is 0.407 e. The van der Waals surface area contributed by atoms with Gasteiger partial charge in [0.1, 0.15) is 5.76 Å². The Balaban J connectivity index is 1.98. The molecule has 0 bridgehead atoms. The van der Waals surface area contributed by atoms with Crippen molar-refractivity contribution in [1.82, 2.24) is 20.8 Å². The minimum atomic E-state index is -0.555. The Labute approximate surface area is 133 Å². The minimum absolute atomic E-state index is 0.178. The van der Waals surface area contributed by atoms with Crippen molar-refractivity contribution in [3.05, 3.63) is 46.6 Å². The first kappa shape index (κ1) is 16.5. The third-order valence-corrected chi connectivity index (χ3v) is 3.28. The molecule has 0 unspecified atom stereocenters. The number of alkyl carbamates (subject to hydrolysis) is 1. The van der Waals surface area contributed by atoms with E-state index in [0.717, 1.165) is 11.3 Å². The average molecular weight is 318 g/mol. The van der Waals surface area contributed by atoms with Crippen LogP contribution in [0, 0.1) is 13.8 Å². The molecule has 122 valence electrons. The third-order valence-electron chi connectivity index (χ3n) is 3.28. The zero-order valence-corrected chi connectivity index (χ0v) is 13.2. The summed E-state index contributed by atoms with van der Waals surface area (Å²) in [6, 6.07) is 3.21. The number of aromatic nitrogens is 2. The summed E-state index contributed by atoms with van der Waals surface area (Å²) in [4.78, 5) is 27.3. The Kier molecular flexibility index (Phi) is 5.29. The molecule has 0 aliphatic heterocycles. The normalized spacial score (nSPS) is 10.2. The summed E-state index contributed by atoms with van der Waals surface area (Å²) in [5.41, 5.74) is 2.62. The first-order valence-electron chi connectivity index (χ1n) is 6.98. The van der Waals surface area contributed by atoms with Crippen LogP contribution in [0.2, 0.25) is 0 Å². The maximum Gasteiger partial charge on any atom is 0.407 e. The third kappa shape index (κ3) is 4.29. The molecule has 23 heavy (non-hydrogen) atoms. The van der Waals surface area contributed by atoms with Crippen molar-refractivity contribution in [3.8, 4) is 0 Å². The van der Waals surface area contributed by atoms with Gasteiger partial charge in [0, 0.05) is 23.9 Å². The van der Waals surface area contributed by atoms with Gasteiger partial charge in [0.2, 0.25) is 0 Å². The molecule has 0 spiro atoms. The Morgan fingerprint density at radius 3 is 2.70 bits per heavy atom.